The largest absolute Gasteiger partial charge is 0.493 e. The molecule has 3 heteroatoms. The van der Waals surface area contributed by atoms with Crippen LogP contribution >= 0.6 is 23.2 Å². The molecule has 1 rings (SSSR count). The maximum Gasteiger partial charge on any atom is 0.125 e. The number of ether oxygens (including phenoxy) is 1. The lowest BCUT2D eigenvalue weighted by atomic mass is 9.91. The standard InChI is InChI=1S/C15H20Cl2O/c1-5-12(9-14(16)17)13-8-7-10(3)15(11(13)4)18-6-2/h7-9,12H,5-6H2,1-4H3. The Bertz CT molecular complexity index is 434. The summed E-state index contributed by atoms with van der Waals surface area (Å²) in [6, 6.07) is 4.22. The summed E-state index contributed by atoms with van der Waals surface area (Å²) >= 11 is 11.6. The minimum atomic E-state index is 0.231. The topological polar surface area (TPSA) is 9.23 Å². The first-order valence-electron chi connectivity index (χ1n) is 6.26. The second-order valence-corrected chi connectivity index (χ2v) is 5.34. The fourth-order valence-corrected chi connectivity index (χ4v) is 2.49. The van der Waals surface area contributed by atoms with Crippen molar-refractivity contribution in [1.29, 1.82) is 0 Å². The predicted octanol–water partition coefficient (Wildman–Crippen LogP) is 5.51. The highest BCUT2D eigenvalue weighted by Crippen LogP contribution is 2.34. The third-order valence-corrected chi connectivity index (χ3v) is 3.35. The molecule has 0 N–H and O–H groups in total. The smallest absolute Gasteiger partial charge is 0.125 e. The highest BCUT2D eigenvalue weighted by atomic mass is 35.5. The van der Waals surface area contributed by atoms with Crippen LogP contribution in [-0.4, -0.2) is 6.61 Å². The van der Waals surface area contributed by atoms with Gasteiger partial charge in [0, 0.05) is 5.92 Å². The van der Waals surface area contributed by atoms with Crippen molar-refractivity contribution in [3.8, 4) is 5.75 Å². The van der Waals surface area contributed by atoms with E-state index in [-0.39, 0.29) is 5.92 Å². The van der Waals surface area contributed by atoms with Crippen LogP contribution < -0.4 is 4.74 Å². The van der Waals surface area contributed by atoms with Gasteiger partial charge in [-0.25, -0.2) is 0 Å². The molecule has 0 fully saturated rings. The Morgan fingerprint density at radius 2 is 1.94 bits per heavy atom. The van der Waals surface area contributed by atoms with Crippen LogP contribution in [0, 0.1) is 13.8 Å². The van der Waals surface area contributed by atoms with Crippen LogP contribution in [0.4, 0.5) is 0 Å². The van der Waals surface area contributed by atoms with E-state index in [1.54, 1.807) is 0 Å². The van der Waals surface area contributed by atoms with Crippen molar-refractivity contribution >= 4 is 23.2 Å². The Labute approximate surface area is 120 Å². The van der Waals surface area contributed by atoms with Crippen LogP contribution in [0.2, 0.25) is 0 Å². The van der Waals surface area contributed by atoms with Crippen molar-refractivity contribution in [3.05, 3.63) is 39.4 Å². The molecule has 1 atom stereocenters. The second-order valence-electron chi connectivity index (χ2n) is 4.33. The van der Waals surface area contributed by atoms with Crippen LogP contribution in [0.1, 0.15) is 42.9 Å². The number of hydrogen-bond acceptors (Lipinski definition) is 1. The first kappa shape index (κ1) is 15.4. The Hall–Kier alpha value is -0.660. The van der Waals surface area contributed by atoms with Crippen LogP contribution in [0.5, 0.6) is 5.75 Å². The van der Waals surface area contributed by atoms with Gasteiger partial charge in [-0.1, -0.05) is 42.3 Å². The minimum Gasteiger partial charge on any atom is -0.493 e. The SMILES string of the molecule is CCOc1c(C)ccc(C(C=C(Cl)Cl)CC)c1C. The zero-order valence-electron chi connectivity index (χ0n) is 11.4. The molecule has 0 aromatic heterocycles. The third kappa shape index (κ3) is 3.66. The van der Waals surface area contributed by atoms with E-state index in [2.05, 4.69) is 32.9 Å². The number of hydrogen-bond donors (Lipinski definition) is 0. The molecule has 0 spiro atoms. The van der Waals surface area contributed by atoms with Gasteiger partial charge in [0.1, 0.15) is 10.2 Å². The lowest BCUT2D eigenvalue weighted by Gasteiger charge is -2.19. The Morgan fingerprint density at radius 1 is 1.28 bits per heavy atom. The van der Waals surface area contributed by atoms with Gasteiger partial charge in [-0.2, -0.15) is 0 Å². The van der Waals surface area contributed by atoms with Gasteiger partial charge < -0.3 is 4.74 Å². The first-order valence-corrected chi connectivity index (χ1v) is 7.02. The van der Waals surface area contributed by atoms with Crippen molar-refractivity contribution in [2.75, 3.05) is 6.61 Å². The maximum absolute atomic E-state index is 5.78. The van der Waals surface area contributed by atoms with Crippen LogP contribution in [0.25, 0.3) is 0 Å². The van der Waals surface area contributed by atoms with Gasteiger partial charge in [0.15, 0.2) is 0 Å². The highest BCUT2D eigenvalue weighted by Gasteiger charge is 2.14. The zero-order valence-corrected chi connectivity index (χ0v) is 12.9. The molecule has 1 aromatic carbocycles. The van der Waals surface area contributed by atoms with Crippen LogP contribution in [0.3, 0.4) is 0 Å². The molecule has 0 aliphatic heterocycles. The van der Waals surface area contributed by atoms with Crippen molar-refractivity contribution in [3.63, 3.8) is 0 Å². The third-order valence-electron chi connectivity index (χ3n) is 3.10. The average Bonchev–Trinajstić information content (AvgIpc) is 2.32. The monoisotopic (exact) mass is 286 g/mol. The Morgan fingerprint density at radius 3 is 2.44 bits per heavy atom. The number of halogens is 2. The van der Waals surface area contributed by atoms with Crippen molar-refractivity contribution in [2.45, 2.75) is 40.0 Å². The van der Waals surface area contributed by atoms with Gasteiger partial charge in [-0.15, -0.1) is 0 Å². The second kappa shape index (κ2) is 7.06. The summed E-state index contributed by atoms with van der Waals surface area (Å²) < 4.78 is 6.04. The number of allylic oxidation sites excluding steroid dienone is 1. The number of rotatable bonds is 5. The predicted molar refractivity (Wildman–Crippen MR) is 79.9 cm³/mol. The van der Waals surface area contributed by atoms with Crippen LogP contribution in [-0.2, 0) is 0 Å². The fourth-order valence-electron chi connectivity index (χ4n) is 2.19. The van der Waals surface area contributed by atoms with E-state index in [1.165, 1.54) is 11.1 Å². The normalized spacial score (nSPS) is 12.1. The molecule has 1 unspecified atom stereocenters. The molecule has 0 bridgehead atoms. The first-order chi connectivity index (χ1) is 8.51. The molecule has 0 aliphatic carbocycles. The van der Waals surface area contributed by atoms with Crippen LogP contribution in [0.15, 0.2) is 22.7 Å². The molecule has 0 heterocycles. The van der Waals surface area contributed by atoms with Gasteiger partial charge in [0.25, 0.3) is 0 Å². The lowest BCUT2D eigenvalue weighted by molar-refractivity contribution is 0.335. The Balaban J connectivity index is 3.24. The summed E-state index contributed by atoms with van der Waals surface area (Å²) in [7, 11) is 0. The van der Waals surface area contributed by atoms with Gasteiger partial charge in [0.2, 0.25) is 0 Å². The summed E-state index contributed by atoms with van der Waals surface area (Å²) in [6.07, 6.45) is 2.84. The molecule has 1 aromatic rings. The van der Waals surface area contributed by atoms with Gasteiger partial charge in [0.05, 0.1) is 6.61 Å². The molecule has 0 amide bonds. The molecule has 100 valence electrons. The average molecular weight is 287 g/mol. The van der Waals surface area contributed by atoms with E-state index in [0.29, 0.717) is 11.1 Å². The van der Waals surface area contributed by atoms with Crippen molar-refractivity contribution in [2.24, 2.45) is 0 Å². The van der Waals surface area contributed by atoms with E-state index >= 15 is 0 Å². The summed E-state index contributed by atoms with van der Waals surface area (Å²) in [4.78, 5) is 0. The molecule has 1 nitrogen and oxygen atoms in total. The highest BCUT2D eigenvalue weighted by molar-refractivity contribution is 6.55. The van der Waals surface area contributed by atoms with Gasteiger partial charge in [-0.3, -0.25) is 0 Å². The fraction of sp³-hybridized carbons (Fsp3) is 0.467. The minimum absolute atomic E-state index is 0.231. The van der Waals surface area contributed by atoms with E-state index in [1.807, 2.05) is 13.0 Å². The van der Waals surface area contributed by atoms with E-state index in [0.717, 1.165) is 17.7 Å². The quantitative estimate of drug-likeness (QED) is 0.693. The summed E-state index contributed by atoms with van der Waals surface area (Å²) in [5.41, 5.74) is 3.56. The van der Waals surface area contributed by atoms with Crippen molar-refractivity contribution in [1.82, 2.24) is 0 Å². The van der Waals surface area contributed by atoms with Crippen molar-refractivity contribution < 1.29 is 4.74 Å². The summed E-state index contributed by atoms with van der Waals surface area (Å²) in [6.45, 7) is 8.95. The van der Waals surface area contributed by atoms with E-state index < -0.39 is 0 Å². The number of aryl methyl sites for hydroxylation is 1. The number of benzene rings is 1. The van der Waals surface area contributed by atoms with Gasteiger partial charge in [-0.05, 0) is 50.0 Å². The molecule has 0 saturated carbocycles. The van der Waals surface area contributed by atoms with Gasteiger partial charge >= 0.3 is 0 Å². The molecular weight excluding hydrogens is 267 g/mol. The van der Waals surface area contributed by atoms with E-state index in [4.69, 9.17) is 27.9 Å². The molecule has 0 radical (unpaired) electrons. The molecular formula is C15H20Cl2O. The molecule has 18 heavy (non-hydrogen) atoms. The molecule has 0 saturated heterocycles. The molecule has 0 aliphatic rings. The maximum atomic E-state index is 5.78. The lowest BCUT2D eigenvalue weighted by Crippen LogP contribution is -2.03. The summed E-state index contributed by atoms with van der Waals surface area (Å²) in [5, 5.41) is 0. The Kier molecular flexibility index (Phi) is 6.04. The summed E-state index contributed by atoms with van der Waals surface area (Å²) in [5.74, 6) is 1.21. The van der Waals surface area contributed by atoms with E-state index in [9.17, 15) is 0 Å². The zero-order chi connectivity index (χ0) is 13.7.